The molecule has 6 nitrogen and oxygen atoms in total. The van der Waals surface area contributed by atoms with E-state index in [0.29, 0.717) is 19.1 Å². The van der Waals surface area contributed by atoms with Crippen LogP contribution in [0.25, 0.3) is 10.9 Å². The van der Waals surface area contributed by atoms with Crippen molar-refractivity contribution in [2.75, 3.05) is 26.2 Å². The molecule has 0 aliphatic carbocycles. The van der Waals surface area contributed by atoms with Gasteiger partial charge >= 0.3 is 6.09 Å². The minimum atomic E-state index is -0.328. The van der Waals surface area contributed by atoms with Crippen molar-refractivity contribution in [3.8, 4) is 5.75 Å². The maximum absolute atomic E-state index is 11.6. The van der Waals surface area contributed by atoms with Crippen molar-refractivity contribution in [1.29, 1.82) is 0 Å². The lowest BCUT2D eigenvalue weighted by Crippen LogP contribution is -2.47. The molecule has 1 aromatic heterocycles. The largest absolute Gasteiger partial charge is 0.487 e. The van der Waals surface area contributed by atoms with Gasteiger partial charge in [-0.25, -0.2) is 9.78 Å². The van der Waals surface area contributed by atoms with E-state index < -0.39 is 0 Å². The Bertz CT molecular complexity index is 1450. The van der Waals surface area contributed by atoms with Crippen molar-refractivity contribution >= 4 is 28.6 Å². The number of para-hydroxylation sites is 1. The van der Waals surface area contributed by atoms with Crippen LogP contribution in [0.5, 0.6) is 5.75 Å². The summed E-state index contributed by atoms with van der Waals surface area (Å²) in [6.07, 6.45) is 3.46. The number of aryl methyl sites for hydroxylation is 1. The van der Waals surface area contributed by atoms with Crippen molar-refractivity contribution in [3.05, 3.63) is 107 Å². The van der Waals surface area contributed by atoms with E-state index in [1.807, 2.05) is 36.4 Å². The summed E-state index contributed by atoms with van der Waals surface area (Å²) < 4.78 is 11.7. The van der Waals surface area contributed by atoms with Gasteiger partial charge in [-0.15, -0.1) is 0 Å². The number of alkyl carbamates (subject to hydrolysis) is 1. The normalized spacial score (nSPS) is 17.5. The lowest BCUT2D eigenvalue weighted by Gasteiger charge is -2.38. The molecule has 206 valence electrons. The van der Waals surface area contributed by atoms with Gasteiger partial charge in [0.2, 0.25) is 0 Å². The lowest BCUT2D eigenvalue weighted by molar-refractivity contribution is -0.000542. The molecule has 0 radical (unpaired) electrons. The Labute approximate surface area is 240 Å². The summed E-state index contributed by atoms with van der Waals surface area (Å²) in [5.41, 5.74) is 4.16. The highest BCUT2D eigenvalue weighted by Gasteiger charge is 2.43. The fourth-order valence-electron chi connectivity index (χ4n) is 5.77. The number of nitrogens with zero attached hydrogens (tertiary/aromatic N) is 2. The van der Waals surface area contributed by atoms with E-state index in [1.54, 1.807) is 0 Å². The van der Waals surface area contributed by atoms with Gasteiger partial charge < -0.3 is 19.7 Å². The van der Waals surface area contributed by atoms with Crippen LogP contribution in [0.1, 0.15) is 42.0 Å². The zero-order valence-corrected chi connectivity index (χ0v) is 23.3. The Morgan fingerprint density at radius 3 is 2.50 bits per heavy atom. The standard InChI is InChI=1S/C33H34ClN3O3/c34-28-12-6-24(7-13-28)5-8-27(21-37-19-17-33(18-20-37)23-35-32(38)40-33)25-10-15-30(16-11-25)39-22-29-14-9-26-3-1-2-4-31(26)36-29/h1-4,6-7,9-16,27H,5,8,17-23H2,(H,35,38). The van der Waals surface area contributed by atoms with Crippen LogP contribution in [0.4, 0.5) is 4.79 Å². The number of piperidine rings is 1. The SMILES string of the molecule is O=C1NCC2(CCN(CC(CCc3ccc(Cl)cc3)c3ccc(OCc4ccc5ccccc5n4)cc3)CC2)O1. The molecule has 3 aromatic carbocycles. The molecule has 6 rings (SSSR count). The molecule has 4 aromatic rings. The van der Waals surface area contributed by atoms with Crippen molar-refractivity contribution in [3.63, 3.8) is 0 Å². The van der Waals surface area contributed by atoms with Gasteiger partial charge in [0.25, 0.3) is 0 Å². The van der Waals surface area contributed by atoms with Gasteiger partial charge in [-0.3, -0.25) is 0 Å². The quantitative estimate of drug-likeness (QED) is 0.247. The molecule has 3 heterocycles. The Morgan fingerprint density at radius 2 is 1.75 bits per heavy atom. The average molecular weight is 556 g/mol. The number of hydrogen-bond donors (Lipinski definition) is 1. The summed E-state index contributed by atoms with van der Waals surface area (Å²) >= 11 is 6.11. The first-order valence-corrected chi connectivity index (χ1v) is 14.4. The first kappa shape index (κ1) is 26.6. The maximum atomic E-state index is 11.6. The van der Waals surface area contributed by atoms with E-state index in [-0.39, 0.29) is 11.7 Å². The van der Waals surface area contributed by atoms with Crippen LogP contribution in [0, 0.1) is 0 Å². The first-order valence-electron chi connectivity index (χ1n) is 14.0. The zero-order chi connectivity index (χ0) is 27.4. The predicted octanol–water partition coefficient (Wildman–Crippen LogP) is 6.76. The van der Waals surface area contributed by atoms with E-state index >= 15 is 0 Å². The molecule has 1 N–H and O–H groups in total. The molecule has 2 fully saturated rings. The highest BCUT2D eigenvalue weighted by Crippen LogP contribution is 2.32. The number of carbonyl (C=O) groups excluding carboxylic acids is 1. The van der Waals surface area contributed by atoms with Crippen molar-refractivity contribution in [1.82, 2.24) is 15.2 Å². The monoisotopic (exact) mass is 555 g/mol. The molecule has 0 saturated carbocycles. The van der Waals surface area contributed by atoms with E-state index in [2.05, 4.69) is 58.7 Å². The number of likely N-dealkylation sites (tertiary alicyclic amines) is 1. The number of fused-ring (bicyclic) bond motifs is 1. The van der Waals surface area contributed by atoms with Crippen LogP contribution in [-0.4, -0.2) is 47.8 Å². The van der Waals surface area contributed by atoms with Crippen molar-refractivity contribution in [2.24, 2.45) is 0 Å². The topological polar surface area (TPSA) is 63.7 Å². The van der Waals surface area contributed by atoms with Crippen LogP contribution < -0.4 is 10.1 Å². The van der Waals surface area contributed by atoms with Crippen LogP contribution in [0.15, 0.2) is 84.9 Å². The molecule has 2 aliphatic heterocycles. The van der Waals surface area contributed by atoms with Crippen LogP contribution in [0.2, 0.25) is 5.02 Å². The van der Waals surface area contributed by atoms with E-state index in [0.717, 1.165) is 72.7 Å². The number of aromatic nitrogens is 1. The minimum absolute atomic E-state index is 0.284. The van der Waals surface area contributed by atoms with Gasteiger partial charge in [0.15, 0.2) is 0 Å². The highest BCUT2D eigenvalue weighted by atomic mass is 35.5. The second kappa shape index (κ2) is 11.9. The number of halogens is 1. The van der Waals surface area contributed by atoms with Crippen LogP contribution in [0.3, 0.4) is 0 Å². The summed E-state index contributed by atoms with van der Waals surface area (Å²) in [6, 6.07) is 28.9. The van der Waals surface area contributed by atoms with Gasteiger partial charge in [0.1, 0.15) is 18.0 Å². The molecule has 1 spiro atoms. The molecule has 1 atom stereocenters. The lowest BCUT2D eigenvalue weighted by atomic mass is 9.88. The molecule has 0 bridgehead atoms. The van der Waals surface area contributed by atoms with Crippen molar-refractivity contribution < 1.29 is 14.3 Å². The fraction of sp³-hybridized carbons (Fsp3) is 0.333. The Balaban J connectivity index is 1.11. The molecule has 7 heteroatoms. The molecule has 40 heavy (non-hydrogen) atoms. The third-order valence-corrected chi connectivity index (χ3v) is 8.45. The summed E-state index contributed by atoms with van der Waals surface area (Å²) in [5.74, 6) is 1.20. The van der Waals surface area contributed by atoms with E-state index in [4.69, 9.17) is 26.1 Å². The van der Waals surface area contributed by atoms with Gasteiger partial charge in [-0.2, -0.15) is 0 Å². The Morgan fingerprint density at radius 1 is 0.975 bits per heavy atom. The number of carbonyl (C=O) groups is 1. The second-order valence-corrected chi connectivity index (χ2v) is 11.4. The molecular weight excluding hydrogens is 522 g/mol. The number of pyridine rings is 1. The third-order valence-electron chi connectivity index (χ3n) is 8.20. The zero-order valence-electron chi connectivity index (χ0n) is 22.5. The summed E-state index contributed by atoms with van der Waals surface area (Å²) in [6.45, 7) is 3.86. The second-order valence-electron chi connectivity index (χ2n) is 10.9. The van der Waals surface area contributed by atoms with Gasteiger partial charge in [-0.05, 0) is 66.3 Å². The highest BCUT2D eigenvalue weighted by molar-refractivity contribution is 6.30. The van der Waals surface area contributed by atoms with Crippen molar-refractivity contribution in [2.45, 2.75) is 43.8 Å². The van der Waals surface area contributed by atoms with E-state index in [9.17, 15) is 4.79 Å². The molecule has 2 aliphatic rings. The predicted molar refractivity (Wildman–Crippen MR) is 158 cm³/mol. The van der Waals surface area contributed by atoms with Crippen LogP contribution in [-0.2, 0) is 17.8 Å². The van der Waals surface area contributed by atoms with Gasteiger partial charge in [-0.1, -0.05) is 60.1 Å². The number of ether oxygens (including phenoxy) is 2. The molecule has 1 unspecified atom stereocenters. The number of amides is 1. The Kier molecular flexibility index (Phi) is 7.89. The number of nitrogens with one attached hydrogen (secondary N) is 1. The number of rotatable bonds is 9. The molecule has 1 amide bonds. The molecular formula is C33H34ClN3O3. The summed E-state index contributed by atoms with van der Waals surface area (Å²) in [5, 5.41) is 4.73. The first-order chi connectivity index (χ1) is 19.5. The van der Waals surface area contributed by atoms with E-state index in [1.165, 1.54) is 11.1 Å². The van der Waals surface area contributed by atoms with Crippen LogP contribution >= 0.6 is 11.6 Å². The van der Waals surface area contributed by atoms with Gasteiger partial charge in [0, 0.05) is 42.9 Å². The molecule has 2 saturated heterocycles. The Hall–Kier alpha value is -3.61. The third kappa shape index (κ3) is 6.40. The average Bonchev–Trinajstić information content (AvgIpc) is 3.35. The fourth-order valence-corrected chi connectivity index (χ4v) is 5.90. The maximum Gasteiger partial charge on any atom is 0.407 e. The number of benzene rings is 3. The minimum Gasteiger partial charge on any atom is -0.487 e. The smallest absolute Gasteiger partial charge is 0.407 e. The number of hydrogen-bond acceptors (Lipinski definition) is 5. The summed E-state index contributed by atoms with van der Waals surface area (Å²) in [4.78, 5) is 18.9. The summed E-state index contributed by atoms with van der Waals surface area (Å²) in [7, 11) is 0. The van der Waals surface area contributed by atoms with Gasteiger partial charge in [0.05, 0.1) is 17.8 Å².